The number of hydrogen-bond donors (Lipinski definition) is 0. The van der Waals surface area contributed by atoms with Gasteiger partial charge in [0.1, 0.15) is 6.61 Å². The number of likely N-dealkylation sites (tertiary alicyclic amines) is 1. The van der Waals surface area contributed by atoms with Gasteiger partial charge < -0.3 is 14.5 Å². The van der Waals surface area contributed by atoms with E-state index in [9.17, 15) is 13.2 Å². The lowest BCUT2D eigenvalue weighted by atomic mass is 9.93. The molecule has 0 N–H and O–H groups in total. The summed E-state index contributed by atoms with van der Waals surface area (Å²) in [5.74, 6) is 0. The number of para-hydroxylation sites is 1. The van der Waals surface area contributed by atoms with Crippen molar-refractivity contribution >= 4 is 33.4 Å². The van der Waals surface area contributed by atoms with E-state index in [0.29, 0.717) is 37.0 Å². The van der Waals surface area contributed by atoms with Crippen LogP contribution >= 0.6 is 11.6 Å². The number of ether oxygens (including phenoxy) is 1. The van der Waals surface area contributed by atoms with Crippen molar-refractivity contribution in [3.05, 3.63) is 95.5 Å². The molecule has 7 nitrogen and oxygen atoms in total. The van der Waals surface area contributed by atoms with Crippen molar-refractivity contribution in [3.63, 3.8) is 0 Å². The molecule has 1 amide bonds. The molecule has 40 heavy (non-hydrogen) atoms. The molecule has 0 saturated carbocycles. The molecule has 2 saturated heterocycles. The van der Waals surface area contributed by atoms with Crippen molar-refractivity contribution in [2.75, 3.05) is 31.6 Å². The number of carbonyl (C=O) groups is 1. The summed E-state index contributed by atoms with van der Waals surface area (Å²) >= 11 is 6.04. The van der Waals surface area contributed by atoms with Gasteiger partial charge in [-0.2, -0.15) is 4.31 Å². The fourth-order valence-corrected chi connectivity index (χ4v) is 7.83. The van der Waals surface area contributed by atoms with Crippen molar-refractivity contribution in [2.24, 2.45) is 0 Å². The summed E-state index contributed by atoms with van der Waals surface area (Å²) in [5, 5.41) is 0.474. The molecule has 5 rings (SSSR count). The fourth-order valence-electron chi connectivity index (χ4n) is 5.86. The number of sulfonamides is 1. The number of halogens is 1. The van der Waals surface area contributed by atoms with Gasteiger partial charge in [-0.25, -0.2) is 13.2 Å². The molecular formula is C31H36ClN3O4S. The first-order valence-electron chi connectivity index (χ1n) is 13.9. The van der Waals surface area contributed by atoms with E-state index in [1.807, 2.05) is 48.5 Å². The molecule has 3 aromatic rings. The van der Waals surface area contributed by atoms with E-state index in [1.54, 1.807) is 21.3 Å². The van der Waals surface area contributed by atoms with E-state index < -0.39 is 16.1 Å². The Morgan fingerprint density at radius 3 is 2.17 bits per heavy atom. The van der Waals surface area contributed by atoms with E-state index in [4.69, 9.17) is 16.3 Å². The van der Waals surface area contributed by atoms with Crippen molar-refractivity contribution in [1.29, 1.82) is 0 Å². The zero-order chi connectivity index (χ0) is 28.1. The first-order valence-corrected chi connectivity index (χ1v) is 15.7. The van der Waals surface area contributed by atoms with E-state index in [2.05, 4.69) is 24.1 Å². The van der Waals surface area contributed by atoms with Crippen LogP contribution in [0.5, 0.6) is 0 Å². The van der Waals surface area contributed by atoms with Gasteiger partial charge >= 0.3 is 6.09 Å². The SMILES string of the molecule is CN(c1ccccc1)C1CCN(C(=O)OC[C@H]2CCCC(c3ccccc3)N2S(=O)(=O)c2ccc(Cl)cc2)CC1. The van der Waals surface area contributed by atoms with Gasteiger partial charge in [0.15, 0.2) is 0 Å². The van der Waals surface area contributed by atoms with Crippen molar-refractivity contribution in [1.82, 2.24) is 9.21 Å². The maximum Gasteiger partial charge on any atom is 0.409 e. The van der Waals surface area contributed by atoms with Crippen LogP contribution in [-0.2, 0) is 14.8 Å². The van der Waals surface area contributed by atoms with Crippen molar-refractivity contribution in [2.45, 2.75) is 55.1 Å². The Bertz CT molecular complexity index is 1360. The highest BCUT2D eigenvalue weighted by Crippen LogP contribution is 2.39. The molecule has 9 heteroatoms. The molecule has 0 aliphatic carbocycles. The molecule has 212 valence electrons. The van der Waals surface area contributed by atoms with Gasteiger partial charge in [-0.05, 0) is 74.1 Å². The van der Waals surface area contributed by atoms with Gasteiger partial charge in [0.25, 0.3) is 0 Å². The predicted molar refractivity (Wildman–Crippen MR) is 158 cm³/mol. The highest BCUT2D eigenvalue weighted by atomic mass is 35.5. The maximum atomic E-state index is 14.0. The minimum Gasteiger partial charge on any atom is -0.448 e. The van der Waals surface area contributed by atoms with Crippen LogP contribution in [-0.4, -0.2) is 62.5 Å². The second kappa shape index (κ2) is 12.6. The summed E-state index contributed by atoms with van der Waals surface area (Å²) in [4.78, 5) is 17.3. The summed E-state index contributed by atoms with van der Waals surface area (Å²) in [6.07, 6.45) is 3.46. The number of anilines is 1. The third kappa shape index (κ3) is 6.29. The van der Waals surface area contributed by atoms with Crippen molar-refractivity contribution < 1.29 is 17.9 Å². The number of hydrogen-bond acceptors (Lipinski definition) is 5. The van der Waals surface area contributed by atoms with Gasteiger partial charge in [0.2, 0.25) is 10.0 Å². The summed E-state index contributed by atoms with van der Waals surface area (Å²) in [6.45, 7) is 1.22. The van der Waals surface area contributed by atoms with E-state index >= 15 is 0 Å². The molecule has 2 aliphatic rings. The third-order valence-corrected chi connectivity index (χ3v) is 10.3. The Balaban J connectivity index is 1.27. The molecule has 0 aromatic heterocycles. The topological polar surface area (TPSA) is 70.2 Å². The van der Waals surface area contributed by atoms with Gasteiger partial charge in [0.05, 0.1) is 17.0 Å². The minimum atomic E-state index is -3.88. The maximum absolute atomic E-state index is 14.0. The average Bonchev–Trinajstić information content (AvgIpc) is 3.00. The third-order valence-electron chi connectivity index (χ3n) is 8.09. The number of benzene rings is 3. The number of piperidine rings is 2. The van der Waals surface area contributed by atoms with Crippen LogP contribution in [0.4, 0.5) is 10.5 Å². The van der Waals surface area contributed by atoms with Gasteiger partial charge in [-0.1, -0.05) is 60.1 Å². The smallest absolute Gasteiger partial charge is 0.409 e. The molecular weight excluding hydrogens is 546 g/mol. The largest absolute Gasteiger partial charge is 0.448 e. The summed E-state index contributed by atoms with van der Waals surface area (Å²) < 4.78 is 35.3. The van der Waals surface area contributed by atoms with Crippen LogP contribution in [0.15, 0.2) is 89.8 Å². The minimum absolute atomic E-state index is 0.0127. The molecule has 3 aromatic carbocycles. The molecule has 1 unspecified atom stereocenters. The zero-order valence-corrected chi connectivity index (χ0v) is 24.3. The summed E-state index contributed by atoms with van der Waals surface area (Å²) in [6, 6.07) is 25.7. The number of rotatable bonds is 7. The number of amides is 1. The number of nitrogens with zero attached hydrogens (tertiary/aromatic N) is 3. The molecule has 2 fully saturated rings. The average molecular weight is 582 g/mol. The van der Waals surface area contributed by atoms with Gasteiger partial charge in [0, 0.05) is 36.9 Å². The molecule has 2 atom stereocenters. The second-order valence-corrected chi connectivity index (χ2v) is 12.8. The Hall–Kier alpha value is -3.07. The Kier molecular flexibility index (Phi) is 8.98. The van der Waals surface area contributed by atoms with Gasteiger partial charge in [-0.3, -0.25) is 0 Å². The van der Waals surface area contributed by atoms with E-state index in [1.165, 1.54) is 12.1 Å². The van der Waals surface area contributed by atoms with E-state index in [0.717, 1.165) is 30.5 Å². The first-order chi connectivity index (χ1) is 19.3. The van der Waals surface area contributed by atoms with Crippen LogP contribution in [0, 0.1) is 0 Å². The Labute approximate surface area is 242 Å². The quantitative estimate of drug-likeness (QED) is 0.325. The standard InChI is InChI=1S/C31H36ClN3O4S/c1-33(26-11-6-3-7-12-26)27-19-21-34(22-20-27)31(36)39-23-28-13-8-14-30(24-9-4-2-5-10-24)35(28)40(37,38)29-17-15-25(32)16-18-29/h2-7,9-12,15-18,27-28,30H,8,13-14,19-23H2,1H3/t28-,30?/m1/s1. The predicted octanol–water partition coefficient (Wildman–Crippen LogP) is 6.36. The fraction of sp³-hybridized carbons (Fsp3) is 0.387. The zero-order valence-electron chi connectivity index (χ0n) is 22.7. The monoisotopic (exact) mass is 581 g/mol. The van der Waals surface area contributed by atoms with Crippen LogP contribution in [0.25, 0.3) is 0 Å². The van der Waals surface area contributed by atoms with E-state index in [-0.39, 0.29) is 23.6 Å². The Morgan fingerprint density at radius 1 is 0.900 bits per heavy atom. The molecule has 0 radical (unpaired) electrons. The summed E-state index contributed by atoms with van der Waals surface area (Å²) in [5.41, 5.74) is 2.09. The van der Waals surface area contributed by atoms with Crippen LogP contribution < -0.4 is 4.90 Å². The highest BCUT2D eigenvalue weighted by Gasteiger charge is 2.41. The second-order valence-electron chi connectivity index (χ2n) is 10.5. The lowest BCUT2D eigenvalue weighted by molar-refractivity contribution is 0.0569. The number of carbonyl (C=O) groups excluding carboxylic acids is 1. The molecule has 0 bridgehead atoms. The lowest BCUT2D eigenvalue weighted by Gasteiger charge is -2.41. The highest BCUT2D eigenvalue weighted by molar-refractivity contribution is 7.89. The van der Waals surface area contributed by atoms with Crippen LogP contribution in [0.3, 0.4) is 0 Å². The van der Waals surface area contributed by atoms with Crippen molar-refractivity contribution in [3.8, 4) is 0 Å². The lowest BCUT2D eigenvalue weighted by Crippen LogP contribution is -2.49. The van der Waals surface area contributed by atoms with Gasteiger partial charge in [-0.15, -0.1) is 0 Å². The Morgan fingerprint density at radius 2 is 1.52 bits per heavy atom. The normalized spacial score (nSPS) is 20.7. The summed E-state index contributed by atoms with van der Waals surface area (Å²) in [7, 11) is -1.78. The molecule has 2 heterocycles. The molecule has 0 spiro atoms. The van der Waals surface area contributed by atoms with Crippen LogP contribution in [0.2, 0.25) is 5.02 Å². The molecule has 2 aliphatic heterocycles. The first kappa shape index (κ1) is 28.5. The van der Waals surface area contributed by atoms with Crippen LogP contribution in [0.1, 0.15) is 43.7 Å².